The lowest BCUT2D eigenvalue weighted by molar-refractivity contribution is -0.138. The Morgan fingerprint density at radius 3 is 2.43 bits per heavy atom. The summed E-state index contributed by atoms with van der Waals surface area (Å²) in [4.78, 5) is 10.8. The van der Waals surface area contributed by atoms with Crippen LogP contribution in [0.5, 0.6) is 0 Å². The minimum Gasteiger partial charge on any atom is -0.478 e. The number of anilines is 1. The van der Waals surface area contributed by atoms with Crippen molar-refractivity contribution < 1.29 is 31.5 Å². The molecule has 21 heavy (non-hydrogen) atoms. The molecule has 1 aromatic rings. The number of carboxylic acids is 1. The molecule has 0 fully saturated rings. The Balaban J connectivity index is 2.84. The average molecular weight is 325 g/mol. The summed E-state index contributed by atoms with van der Waals surface area (Å²) in [6.07, 6.45) is -3.48. The molecule has 0 bridgehead atoms. The van der Waals surface area contributed by atoms with Gasteiger partial charge in [-0.05, 0) is 24.6 Å². The van der Waals surface area contributed by atoms with Crippen molar-refractivity contribution in [2.75, 3.05) is 23.9 Å². The summed E-state index contributed by atoms with van der Waals surface area (Å²) in [5.74, 6) is -1.75. The van der Waals surface area contributed by atoms with E-state index >= 15 is 0 Å². The van der Waals surface area contributed by atoms with Crippen LogP contribution in [-0.2, 0) is 16.0 Å². The lowest BCUT2D eigenvalue weighted by Crippen LogP contribution is -2.14. The fourth-order valence-corrected chi connectivity index (χ4v) is 2.31. The van der Waals surface area contributed by atoms with E-state index in [1.807, 2.05) is 0 Å². The van der Waals surface area contributed by atoms with Gasteiger partial charge in [0, 0.05) is 18.5 Å². The van der Waals surface area contributed by atoms with E-state index in [1.165, 1.54) is 6.07 Å². The van der Waals surface area contributed by atoms with Crippen LogP contribution in [0.2, 0.25) is 0 Å². The number of halogens is 3. The zero-order valence-electron chi connectivity index (χ0n) is 11.1. The molecule has 1 aromatic carbocycles. The first kappa shape index (κ1) is 17.3. The van der Waals surface area contributed by atoms with Crippen LogP contribution in [-0.4, -0.2) is 38.0 Å². The number of sulfone groups is 1. The SMILES string of the molecule is CS(=O)(=O)CCCNc1ccc(C(=O)O)c(C(F)(F)F)c1. The van der Waals surface area contributed by atoms with Crippen LogP contribution in [0, 0.1) is 0 Å². The largest absolute Gasteiger partial charge is 0.478 e. The smallest absolute Gasteiger partial charge is 0.417 e. The van der Waals surface area contributed by atoms with Crippen molar-refractivity contribution in [1.29, 1.82) is 0 Å². The van der Waals surface area contributed by atoms with Crippen LogP contribution in [0.4, 0.5) is 18.9 Å². The zero-order chi connectivity index (χ0) is 16.3. The van der Waals surface area contributed by atoms with E-state index in [9.17, 15) is 26.4 Å². The predicted octanol–water partition coefficient (Wildman–Crippen LogP) is 2.25. The van der Waals surface area contributed by atoms with Crippen LogP contribution >= 0.6 is 0 Å². The molecule has 0 heterocycles. The Kier molecular flexibility index (Phi) is 5.21. The summed E-state index contributed by atoms with van der Waals surface area (Å²) >= 11 is 0. The molecule has 2 N–H and O–H groups in total. The lowest BCUT2D eigenvalue weighted by Gasteiger charge is -2.13. The van der Waals surface area contributed by atoms with Gasteiger partial charge in [0.2, 0.25) is 0 Å². The minimum atomic E-state index is -4.78. The Morgan fingerprint density at radius 2 is 1.95 bits per heavy atom. The third-order valence-corrected chi connectivity index (χ3v) is 3.61. The van der Waals surface area contributed by atoms with Crippen LogP contribution in [0.1, 0.15) is 22.3 Å². The molecule has 0 amide bonds. The molecule has 0 aromatic heterocycles. The van der Waals surface area contributed by atoms with E-state index in [0.717, 1.165) is 12.3 Å². The number of carbonyl (C=O) groups is 1. The minimum absolute atomic E-state index is 0.0840. The first-order valence-electron chi connectivity index (χ1n) is 5.87. The topological polar surface area (TPSA) is 83.5 Å². The maximum atomic E-state index is 12.8. The summed E-state index contributed by atoms with van der Waals surface area (Å²) in [6, 6.07) is 2.77. The second-order valence-corrected chi connectivity index (χ2v) is 6.73. The molecule has 1 rings (SSSR count). The molecule has 0 radical (unpaired) electrons. The highest BCUT2D eigenvalue weighted by Crippen LogP contribution is 2.33. The fraction of sp³-hybridized carbons (Fsp3) is 0.417. The van der Waals surface area contributed by atoms with Gasteiger partial charge in [0.1, 0.15) is 9.84 Å². The standard InChI is InChI=1S/C12H14F3NO4S/c1-21(19,20)6-2-5-16-8-3-4-9(11(17)18)10(7-8)12(13,14)15/h3-4,7,16H,2,5-6H2,1H3,(H,17,18). The molecule has 0 spiro atoms. The molecule has 0 aliphatic rings. The summed E-state index contributed by atoms with van der Waals surface area (Å²) < 4.78 is 60.1. The second-order valence-electron chi connectivity index (χ2n) is 4.47. The van der Waals surface area contributed by atoms with E-state index in [0.29, 0.717) is 6.07 Å². The Hall–Kier alpha value is -1.77. The molecular formula is C12H14F3NO4S. The van der Waals surface area contributed by atoms with E-state index in [-0.39, 0.29) is 24.4 Å². The maximum Gasteiger partial charge on any atom is 0.417 e. The number of hydrogen-bond donors (Lipinski definition) is 2. The number of hydrogen-bond acceptors (Lipinski definition) is 4. The number of benzene rings is 1. The highest BCUT2D eigenvalue weighted by atomic mass is 32.2. The first-order chi connectivity index (χ1) is 9.50. The van der Waals surface area contributed by atoms with Gasteiger partial charge >= 0.3 is 12.1 Å². The lowest BCUT2D eigenvalue weighted by atomic mass is 10.1. The molecule has 0 aliphatic heterocycles. The van der Waals surface area contributed by atoms with Crippen molar-refractivity contribution in [3.63, 3.8) is 0 Å². The number of aromatic carboxylic acids is 1. The van der Waals surface area contributed by atoms with Gasteiger partial charge in [-0.3, -0.25) is 0 Å². The average Bonchev–Trinajstić information content (AvgIpc) is 2.32. The zero-order valence-corrected chi connectivity index (χ0v) is 11.9. The summed E-state index contributed by atoms with van der Waals surface area (Å²) in [6.45, 7) is 0.163. The van der Waals surface area contributed by atoms with Gasteiger partial charge < -0.3 is 10.4 Å². The molecule has 0 unspecified atom stereocenters. The first-order valence-corrected chi connectivity index (χ1v) is 7.93. The molecular weight excluding hydrogens is 311 g/mol. The van der Waals surface area contributed by atoms with Crippen molar-refractivity contribution in [3.8, 4) is 0 Å². The quantitative estimate of drug-likeness (QED) is 0.784. The van der Waals surface area contributed by atoms with Crippen LogP contribution in [0.3, 0.4) is 0 Å². The van der Waals surface area contributed by atoms with Gasteiger partial charge in [-0.25, -0.2) is 13.2 Å². The van der Waals surface area contributed by atoms with Crippen LogP contribution in [0.15, 0.2) is 18.2 Å². The van der Waals surface area contributed by atoms with Crippen LogP contribution in [0.25, 0.3) is 0 Å². The van der Waals surface area contributed by atoms with Crippen molar-refractivity contribution in [2.24, 2.45) is 0 Å². The molecule has 118 valence electrons. The summed E-state index contributed by atoms with van der Waals surface area (Å²) in [5, 5.41) is 11.4. The highest BCUT2D eigenvalue weighted by molar-refractivity contribution is 7.90. The number of alkyl halides is 3. The third kappa shape index (κ3) is 5.62. The monoisotopic (exact) mass is 325 g/mol. The number of rotatable bonds is 6. The molecule has 0 aliphatic carbocycles. The van der Waals surface area contributed by atoms with E-state index in [2.05, 4.69) is 5.32 Å². The third-order valence-electron chi connectivity index (χ3n) is 2.58. The van der Waals surface area contributed by atoms with E-state index in [4.69, 9.17) is 5.11 Å². The normalized spacial score (nSPS) is 12.2. The van der Waals surface area contributed by atoms with Crippen molar-refractivity contribution in [1.82, 2.24) is 0 Å². The molecule has 9 heteroatoms. The molecule has 5 nitrogen and oxygen atoms in total. The number of nitrogens with one attached hydrogen (secondary N) is 1. The van der Waals surface area contributed by atoms with E-state index < -0.39 is 33.1 Å². The van der Waals surface area contributed by atoms with Crippen LogP contribution < -0.4 is 5.32 Å². The van der Waals surface area contributed by atoms with E-state index in [1.54, 1.807) is 0 Å². The number of carboxylic acid groups (broad SMARTS) is 1. The van der Waals surface area contributed by atoms with Gasteiger partial charge in [0.15, 0.2) is 0 Å². The van der Waals surface area contributed by atoms with Gasteiger partial charge in [0.25, 0.3) is 0 Å². The fourth-order valence-electron chi connectivity index (χ4n) is 1.64. The molecule has 0 saturated heterocycles. The van der Waals surface area contributed by atoms with Crippen molar-refractivity contribution >= 4 is 21.5 Å². The Bertz CT molecular complexity index is 626. The molecule has 0 atom stereocenters. The predicted molar refractivity (Wildman–Crippen MR) is 71.2 cm³/mol. The van der Waals surface area contributed by atoms with Gasteiger partial charge in [0.05, 0.1) is 16.9 Å². The Labute approximate surface area is 119 Å². The van der Waals surface area contributed by atoms with Crippen molar-refractivity contribution in [2.45, 2.75) is 12.6 Å². The van der Waals surface area contributed by atoms with Gasteiger partial charge in [-0.2, -0.15) is 13.2 Å². The summed E-state index contributed by atoms with van der Waals surface area (Å²) in [7, 11) is -3.13. The van der Waals surface area contributed by atoms with Gasteiger partial charge in [-0.15, -0.1) is 0 Å². The summed E-state index contributed by atoms with van der Waals surface area (Å²) in [5.41, 5.74) is -1.99. The van der Waals surface area contributed by atoms with Crippen molar-refractivity contribution in [3.05, 3.63) is 29.3 Å². The van der Waals surface area contributed by atoms with Gasteiger partial charge in [-0.1, -0.05) is 0 Å². The Morgan fingerprint density at radius 1 is 1.33 bits per heavy atom. The highest BCUT2D eigenvalue weighted by Gasteiger charge is 2.35. The maximum absolute atomic E-state index is 12.8. The molecule has 0 saturated carbocycles. The second kappa shape index (κ2) is 6.33.